The number of rotatable bonds is 4. The SMILES string of the molecule is CC(C)(C)c1cc([Si](C)(C)C)ccc1OCc1ccccc1. The molecule has 0 saturated heterocycles. The van der Waals surface area contributed by atoms with E-state index in [1.54, 1.807) is 0 Å². The van der Waals surface area contributed by atoms with E-state index in [0.717, 1.165) is 5.75 Å². The van der Waals surface area contributed by atoms with Gasteiger partial charge in [-0.25, -0.2) is 0 Å². The summed E-state index contributed by atoms with van der Waals surface area (Å²) in [5.41, 5.74) is 2.60. The van der Waals surface area contributed by atoms with E-state index in [0.29, 0.717) is 6.61 Å². The smallest absolute Gasteiger partial charge is 0.123 e. The molecule has 0 aliphatic rings. The molecule has 2 heteroatoms. The Bertz CT molecular complexity index is 618. The molecule has 0 saturated carbocycles. The zero-order valence-corrected chi connectivity index (χ0v) is 15.7. The second kappa shape index (κ2) is 6.29. The molecule has 0 radical (unpaired) electrons. The lowest BCUT2D eigenvalue weighted by atomic mass is 9.86. The van der Waals surface area contributed by atoms with Crippen LogP contribution in [0.3, 0.4) is 0 Å². The van der Waals surface area contributed by atoms with Crippen LogP contribution in [0.25, 0.3) is 0 Å². The highest BCUT2D eigenvalue weighted by molar-refractivity contribution is 6.88. The Balaban J connectivity index is 2.30. The predicted molar refractivity (Wildman–Crippen MR) is 98.9 cm³/mol. The highest BCUT2D eigenvalue weighted by Gasteiger charge is 2.23. The molecular weight excluding hydrogens is 284 g/mol. The molecule has 118 valence electrons. The Kier molecular flexibility index (Phi) is 4.81. The summed E-state index contributed by atoms with van der Waals surface area (Å²) < 4.78 is 6.13. The third-order valence-corrected chi connectivity index (χ3v) is 5.93. The van der Waals surface area contributed by atoms with Gasteiger partial charge in [0.05, 0.1) is 8.07 Å². The summed E-state index contributed by atoms with van der Waals surface area (Å²) in [5.74, 6) is 1.01. The molecule has 0 bridgehead atoms. The molecule has 1 nitrogen and oxygen atoms in total. The summed E-state index contributed by atoms with van der Waals surface area (Å²) in [4.78, 5) is 0. The third-order valence-electron chi connectivity index (χ3n) is 3.89. The van der Waals surface area contributed by atoms with Crippen molar-refractivity contribution < 1.29 is 4.74 Å². The van der Waals surface area contributed by atoms with Crippen molar-refractivity contribution in [2.24, 2.45) is 0 Å². The van der Waals surface area contributed by atoms with Crippen LogP contribution < -0.4 is 9.92 Å². The molecule has 2 aromatic rings. The highest BCUT2D eigenvalue weighted by atomic mass is 28.3. The van der Waals surface area contributed by atoms with Gasteiger partial charge in [-0.3, -0.25) is 0 Å². The molecule has 0 atom stereocenters. The van der Waals surface area contributed by atoms with E-state index in [9.17, 15) is 0 Å². The molecular formula is C20H28OSi. The molecule has 0 spiro atoms. The molecule has 0 amide bonds. The molecule has 0 fully saturated rings. The lowest BCUT2D eigenvalue weighted by Gasteiger charge is -2.26. The van der Waals surface area contributed by atoms with E-state index < -0.39 is 8.07 Å². The van der Waals surface area contributed by atoms with E-state index in [4.69, 9.17) is 4.74 Å². The minimum atomic E-state index is -1.31. The van der Waals surface area contributed by atoms with Crippen molar-refractivity contribution in [1.82, 2.24) is 0 Å². The van der Waals surface area contributed by atoms with E-state index in [1.807, 2.05) is 6.07 Å². The first kappa shape index (κ1) is 16.8. The molecule has 22 heavy (non-hydrogen) atoms. The third kappa shape index (κ3) is 4.23. The Morgan fingerprint density at radius 3 is 2.09 bits per heavy atom. The maximum Gasteiger partial charge on any atom is 0.123 e. The molecule has 0 aliphatic carbocycles. The van der Waals surface area contributed by atoms with E-state index in [1.165, 1.54) is 16.3 Å². The average molecular weight is 313 g/mol. The molecule has 0 N–H and O–H groups in total. The Morgan fingerprint density at radius 2 is 1.55 bits per heavy atom. The predicted octanol–water partition coefficient (Wildman–Crippen LogP) is 5.11. The average Bonchev–Trinajstić information content (AvgIpc) is 2.44. The summed E-state index contributed by atoms with van der Waals surface area (Å²) in [6.45, 7) is 14.6. The van der Waals surface area contributed by atoms with Gasteiger partial charge in [0.1, 0.15) is 12.4 Å². The molecule has 0 unspecified atom stereocenters. The number of hydrogen-bond acceptors (Lipinski definition) is 1. The minimum Gasteiger partial charge on any atom is -0.489 e. The van der Waals surface area contributed by atoms with Crippen molar-refractivity contribution in [2.75, 3.05) is 0 Å². The number of ether oxygens (including phenoxy) is 1. The van der Waals surface area contributed by atoms with Gasteiger partial charge in [0, 0.05) is 0 Å². The van der Waals surface area contributed by atoms with Gasteiger partial charge in [-0.15, -0.1) is 0 Å². The normalized spacial score (nSPS) is 12.3. The van der Waals surface area contributed by atoms with Crippen LogP contribution in [0, 0.1) is 0 Å². The topological polar surface area (TPSA) is 9.23 Å². The largest absolute Gasteiger partial charge is 0.489 e. The Labute approximate surface area is 136 Å². The summed E-state index contributed by atoms with van der Waals surface area (Å²) in [6.07, 6.45) is 0. The zero-order chi connectivity index (χ0) is 16.4. The van der Waals surface area contributed by atoms with Gasteiger partial charge >= 0.3 is 0 Å². The van der Waals surface area contributed by atoms with Crippen molar-refractivity contribution in [2.45, 2.75) is 52.4 Å². The maximum atomic E-state index is 6.13. The van der Waals surface area contributed by atoms with Crippen LogP contribution >= 0.6 is 0 Å². The maximum absolute atomic E-state index is 6.13. The van der Waals surface area contributed by atoms with Crippen molar-refractivity contribution in [3.8, 4) is 5.75 Å². The van der Waals surface area contributed by atoms with Crippen molar-refractivity contribution in [3.63, 3.8) is 0 Å². The molecule has 2 rings (SSSR count). The number of benzene rings is 2. The summed E-state index contributed by atoms with van der Waals surface area (Å²) in [6, 6.07) is 17.1. The lowest BCUT2D eigenvalue weighted by Crippen LogP contribution is -2.38. The van der Waals surface area contributed by atoms with Crippen molar-refractivity contribution in [3.05, 3.63) is 59.7 Å². The summed E-state index contributed by atoms with van der Waals surface area (Å²) in [7, 11) is -1.31. The zero-order valence-electron chi connectivity index (χ0n) is 14.7. The van der Waals surface area contributed by atoms with Gasteiger partial charge in [0.15, 0.2) is 0 Å². The van der Waals surface area contributed by atoms with E-state index in [-0.39, 0.29) is 5.41 Å². The quantitative estimate of drug-likeness (QED) is 0.713. The van der Waals surface area contributed by atoms with Crippen LogP contribution in [0.2, 0.25) is 19.6 Å². The van der Waals surface area contributed by atoms with Gasteiger partial charge in [0.2, 0.25) is 0 Å². The van der Waals surface area contributed by atoms with Gasteiger partial charge < -0.3 is 4.74 Å². The van der Waals surface area contributed by atoms with Crippen LogP contribution in [-0.4, -0.2) is 8.07 Å². The first-order valence-electron chi connectivity index (χ1n) is 8.00. The fourth-order valence-corrected chi connectivity index (χ4v) is 3.60. The van der Waals surface area contributed by atoms with Crippen LogP contribution in [0.4, 0.5) is 0 Å². The number of hydrogen-bond donors (Lipinski definition) is 0. The van der Waals surface area contributed by atoms with Gasteiger partial charge in [-0.05, 0) is 22.6 Å². The standard InChI is InChI=1S/C20H28OSi/c1-20(2,3)18-14-17(22(4,5)6)12-13-19(18)21-15-16-10-8-7-9-11-16/h7-14H,15H2,1-6H3. The van der Waals surface area contributed by atoms with E-state index in [2.05, 4.69) is 82.9 Å². The Hall–Kier alpha value is -1.54. The highest BCUT2D eigenvalue weighted by Crippen LogP contribution is 2.31. The second-order valence-electron chi connectivity index (χ2n) is 7.99. The van der Waals surface area contributed by atoms with Crippen LogP contribution in [0.15, 0.2) is 48.5 Å². The molecule has 0 aromatic heterocycles. The molecule has 2 aromatic carbocycles. The summed E-state index contributed by atoms with van der Waals surface area (Å²) in [5, 5.41) is 1.49. The first-order chi connectivity index (χ1) is 10.2. The second-order valence-corrected chi connectivity index (χ2v) is 13.1. The fraction of sp³-hybridized carbons (Fsp3) is 0.400. The van der Waals surface area contributed by atoms with Crippen LogP contribution in [0.5, 0.6) is 5.75 Å². The van der Waals surface area contributed by atoms with Crippen LogP contribution in [0.1, 0.15) is 31.9 Å². The fourth-order valence-electron chi connectivity index (χ4n) is 2.44. The minimum absolute atomic E-state index is 0.0850. The summed E-state index contributed by atoms with van der Waals surface area (Å²) >= 11 is 0. The van der Waals surface area contributed by atoms with Gasteiger partial charge in [-0.2, -0.15) is 0 Å². The van der Waals surface area contributed by atoms with Gasteiger partial charge in [0.25, 0.3) is 0 Å². The molecule has 0 heterocycles. The lowest BCUT2D eigenvalue weighted by molar-refractivity contribution is 0.297. The monoisotopic (exact) mass is 312 g/mol. The van der Waals surface area contributed by atoms with Crippen molar-refractivity contribution >= 4 is 13.3 Å². The van der Waals surface area contributed by atoms with Crippen molar-refractivity contribution in [1.29, 1.82) is 0 Å². The molecule has 0 aliphatic heterocycles. The first-order valence-corrected chi connectivity index (χ1v) is 11.5. The Morgan fingerprint density at radius 1 is 0.909 bits per heavy atom. The van der Waals surface area contributed by atoms with E-state index >= 15 is 0 Å². The van der Waals surface area contributed by atoms with Gasteiger partial charge in [-0.1, -0.05) is 88.1 Å². The van der Waals surface area contributed by atoms with Crippen LogP contribution in [-0.2, 0) is 12.0 Å².